The number of furan rings is 1. The molecular formula is C18H24N2O2. The highest BCUT2D eigenvalue weighted by molar-refractivity contribution is 5.80. The fraction of sp³-hybridized carbons (Fsp3) is 0.500. The van der Waals surface area contributed by atoms with Crippen molar-refractivity contribution in [2.24, 2.45) is 0 Å². The van der Waals surface area contributed by atoms with Crippen LogP contribution in [0.5, 0.6) is 0 Å². The molecule has 1 amide bonds. The highest BCUT2D eigenvalue weighted by atomic mass is 16.3. The molecule has 1 aliphatic heterocycles. The number of fused-ring (bicyclic) bond motifs is 1. The fourth-order valence-electron chi connectivity index (χ4n) is 3.15. The van der Waals surface area contributed by atoms with Crippen LogP contribution >= 0.6 is 0 Å². The molecule has 2 aromatic rings. The molecule has 0 saturated carbocycles. The molecule has 2 unspecified atom stereocenters. The van der Waals surface area contributed by atoms with E-state index in [2.05, 4.69) is 17.1 Å². The lowest BCUT2D eigenvalue weighted by Gasteiger charge is -2.32. The summed E-state index contributed by atoms with van der Waals surface area (Å²) >= 11 is 0. The molecule has 4 heteroatoms. The van der Waals surface area contributed by atoms with Crippen LogP contribution in [0.3, 0.4) is 0 Å². The van der Waals surface area contributed by atoms with Crippen molar-refractivity contribution < 1.29 is 9.21 Å². The number of piperidine rings is 1. The topological polar surface area (TPSA) is 45.5 Å². The predicted molar refractivity (Wildman–Crippen MR) is 87.7 cm³/mol. The minimum atomic E-state index is -0.111. The second-order valence-corrected chi connectivity index (χ2v) is 6.29. The Hall–Kier alpha value is -1.81. The summed E-state index contributed by atoms with van der Waals surface area (Å²) in [5.41, 5.74) is 0.864. The third-order valence-electron chi connectivity index (χ3n) is 4.54. The van der Waals surface area contributed by atoms with Gasteiger partial charge in [0, 0.05) is 11.4 Å². The van der Waals surface area contributed by atoms with E-state index in [1.807, 2.05) is 37.3 Å². The molecule has 0 aliphatic carbocycles. The summed E-state index contributed by atoms with van der Waals surface area (Å²) in [4.78, 5) is 14.5. The van der Waals surface area contributed by atoms with E-state index < -0.39 is 0 Å². The van der Waals surface area contributed by atoms with Crippen molar-refractivity contribution in [3.8, 4) is 0 Å². The molecule has 0 bridgehead atoms. The van der Waals surface area contributed by atoms with E-state index in [1.165, 1.54) is 19.3 Å². The van der Waals surface area contributed by atoms with Crippen molar-refractivity contribution >= 4 is 16.9 Å². The lowest BCUT2D eigenvalue weighted by atomic mass is 10.0. The Morgan fingerprint density at radius 3 is 3.00 bits per heavy atom. The summed E-state index contributed by atoms with van der Waals surface area (Å²) in [7, 11) is 0. The molecule has 1 N–H and O–H groups in total. The smallest absolute Gasteiger partial charge is 0.234 e. The van der Waals surface area contributed by atoms with Gasteiger partial charge in [-0.3, -0.25) is 9.69 Å². The lowest BCUT2D eigenvalue weighted by molar-refractivity contribution is -0.123. The molecule has 3 rings (SSSR count). The molecule has 1 aliphatic rings. The van der Waals surface area contributed by atoms with Gasteiger partial charge in [0.1, 0.15) is 11.3 Å². The zero-order valence-electron chi connectivity index (χ0n) is 13.3. The molecule has 2 atom stereocenters. The maximum atomic E-state index is 12.3. The van der Waals surface area contributed by atoms with E-state index in [1.54, 1.807) is 0 Å². The quantitative estimate of drug-likeness (QED) is 0.940. The maximum Gasteiger partial charge on any atom is 0.234 e. The van der Waals surface area contributed by atoms with Crippen molar-refractivity contribution in [1.29, 1.82) is 0 Å². The summed E-state index contributed by atoms with van der Waals surface area (Å²) < 4.78 is 5.81. The van der Waals surface area contributed by atoms with E-state index in [0.29, 0.717) is 12.6 Å². The van der Waals surface area contributed by atoms with Crippen molar-refractivity contribution in [2.75, 3.05) is 13.1 Å². The molecular weight excluding hydrogens is 276 g/mol. The molecule has 2 heterocycles. The van der Waals surface area contributed by atoms with Gasteiger partial charge >= 0.3 is 0 Å². The highest BCUT2D eigenvalue weighted by Crippen LogP contribution is 2.23. The zero-order chi connectivity index (χ0) is 15.5. The van der Waals surface area contributed by atoms with Crippen molar-refractivity contribution in [1.82, 2.24) is 10.2 Å². The highest BCUT2D eigenvalue weighted by Gasteiger charge is 2.22. The van der Waals surface area contributed by atoms with Gasteiger partial charge in [-0.05, 0) is 45.4 Å². The summed E-state index contributed by atoms with van der Waals surface area (Å²) in [6.07, 6.45) is 3.65. The van der Waals surface area contributed by atoms with Crippen molar-refractivity contribution in [3.05, 3.63) is 36.1 Å². The minimum absolute atomic E-state index is 0.0710. The van der Waals surface area contributed by atoms with Crippen LogP contribution in [-0.2, 0) is 4.79 Å². The average Bonchev–Trinajstić information content (AvgIpc) is 2.93. The van der Waals surface area contributed by atoms with Gasteiger partial charge in [0.05, 0.1) is 12.6 Å². The number of amides is 1. The summed E-state index contributed by atoms with van der Waals surface area (Å²) in [6.45, 7) is 5.67. The monoisotopic (exact) mass is 300 g/mol. The number of hydrogen-bond donors (Lipinski definition) is 1. The van der Waals surface area contributed by atoms with Crippen LogP contribution in [0.15, 0.2) is 34.7 Å². The number of carbonyl (C=O) groups excluding carboxylic acids is 1. The number of rotatable bonds is 4. The molecule has 1 aromatic carbocycles. The first-order chi connectivity index (χ1) is 10.6. The molecule has 1 saturated heterocycles. The predicted octanol–water partition coefficient (Wildman–Crippen LogP) is 3.48. The van der Waals surface area contributed by atoms with Crippen LogP contribution < -0.4 is 5.32 Å². The van der Waals surface area contributed by atoms with Gasteiger partial charge in [-0.1, -0.05) is 24.6 Å². The molecule has 118 valence electrons. The number of likely N-dealkylation sites (tertiary alicyclic amines) is 1. The first-order valence-corrected chi connectivity index (χ1v) is 8.15. The molecule has 0 spiro atoms. The van der Waals surface area contributed by atoms with Gasteiger partial charge in [-0.25, -0.2) is 0 Å². The summed E-state index contributed by atoms with van der Waals surface area (Å²) in [5.74, 6) is 0.878. The van der Waals surface area contributed by atoms with Crippen LogP contribution in [0.4, 0.5) is 0 Å². The first-order valence-electron chi connectivity index (χ1n) is 8.15. The van der Waals surface area contributed by atoms with Crippen LogP contribution in [0.1, 0.15) is 44.9 Å². The third-order valence-corrected chi connectivity index (χ3v) is 4.54. The zero-order valence-corrected chi connectivity index (χ0v) is 13.3. The number of carbonyl (C=O) groups is 1. The number of nitrogens with zero attached hydrogens (tertiary/aromatic N) is 1. The van der Waals surface area contributed by atoms with Crippen molar-refractivity contribution in [2.45, 2.75) is 45.2 Å². The number of nitrogens with one attached hydrogen (secondary N) is 1. The molecule has 0 radical (unpaired) electrons. The maximum absolute atomic E-state index is 12.3. The molecule has 1 aromatic heterocycles. The van der Waals surface area contributed by atoms with Crippen LogP contribution in [0.2, 0.25) is 0 Å². The van der Waals surface area contributed by atoms with Crippen molar-refractivity contribution in [3.63, 3.8) is 0 Å². The number of para-hydroxylation sites is 1. The first kappa shape index (κ1) is 15.1. The van der Waals surface area contributed by atoms with Crippen LogP contribution in [0, 0.1) is 0 Å². The normalized spacial score (nSPS) is 20.9. The van der Waals surface area contributed by atoms with Crippen LogP contribution in [-0.4, -0.2) is 29.9 Å². The van der Waals surface area contributed by atoms with Gasteiger partial charge in [0.15, 0.2) is 0 Å². The van der Waals surface area contributed by atoms with E-state index in [4.69, 9.17) is 4.42 Å². The Labute approximate surface area is 131 Å². The van der Waals surface area contributed by atoms with Gasteiger partial charge in [-0.2, -0.15) is 0 Å². The van der Waals surface area contributed by atoms with E-state index in [-0.39, 0.29) is 11.9 Å². The van der Waals surface area contributed by atoms with Gasteiger partial charge < -0.3 is 9.73 Å². The Bertz CT molecular complexity index is 616. The fourth-order valence-corrected chi connectivity index (χ4v) is 3.15. The van der Waals surface area contributed by atoms with Gasteiger partial charge in [-0.15, -0.1) is 0 Å². The van der Waals surface area contributed by atoms with E-state index >= 15 is 0 Å². The summed E-state index contributed by atoms with van der Waals surface area (Å²) in [6, 6.07) is 10.3. The molecule has 22 heavy (non-hydrogen) atoms. The third kappa shape index (κ3) is 3.33. The number of benzene rings is 1. The largest absolute Gasteiger partial charge is 0.459 e. The second kappa shape index (κ2) is 6.53. The minimum Gasteiger partial charge on any atom is -0.459 e. The Morgan fingerprint density at radius 1 is 1.41 bits per heavy atom. The van der Waals surface area contributed by atoms with Gasteiger partial charge in [0.25, 0.3) is 0 Å². The standard InChI is InChI=1S/C18H24N2O2/c1-13-7-5-6-10-20(13)12-18(21)19-14(2)17-11-15-8-3-4-9-16(15)22-17/h3-4,8-9,11,13-14H,5-7,10,12H2,1-2H3,(H,19,21). The van der Waals surface area contributed by atoms with Gasteiger partial charge in [0.2, 0.25) is 5.91 Å². The lowest BCUT2D eigenvalue weighted by Crippen LogP contribution is -2.44. The SMILES string of the molecule is CC(NC(=O)CN1CCCCC1C)c1cc2ccccc2o1. The Kier molecular flexibility index (Phi) is 4.48. The van der Waals surface area contributed by atoms with E-state index in [9.17, 15) is 4.79 Å². The Morgan fingerprint density at radius 2 is 2.23 bits per heavy atom. The number of hydrogen-bond acceptors (Lipinski definition) is 3. The average molecular weight is 300 g/mol. The Balaban J connectivity index is 1.60. The van der Waals surface area contributed by atoms with Crippen LogP contribution in [0.25, 0.3) is 11.0 Å². The molecule has 1 fully saturated rings. The second-order valence-electron chi connectivity index (χ2n) is 6.29. The molecule has 4 nitrogen and oxygen atoms in total. The van der Waals surface area contributed by atoms with E-state index in [0.717, 1.165) is 23.3 Å². The summed E-state index contributed by atoms with van der Waals surface area (Å²) in [5, 5.41) is 4.12.